The third-order valence-corrected chi connectivity index (χ3v) is 7.66. The van der Waals surface area contributed by atoms with Crippen LogP contribution in [0.15, 0.2) is 42.5 Å². The zero-order valence-corrected chi connectivity index (χ0v) is 13.5. The molecular weight excluding hydrogens is 322 g/mol. The molecule has 0 saturated carbocycles. The van der Waals surface area contributed by atoms with Crippen molar-refractivity contribution < 1.29 is 8.42 Å². The van der Waals surface area contributed by atoms with Crippen LogP contribution in [-0.2, 0) is 9.84 Å². The molecule has 3 nitrogen and oxygen atoms in total. The Labute approximate surface area is 133 Å². The van der Waals surface area contributed by atoms with Crippen LogP contribution in [0.4, 0.5) is 5.69 Å². The van der Waals surface area contributed by atoms with Crippen molar-refractivity contribution in [1.29, 1.82) is 0 Å². The summed E-state index contributed by atoms with van der Waals surface area (Å²) < 4.78 is 24.5. The molecule has 2 heterocycles. The fourth-order valence-electron chi connectivity index (χ4n) is 3.10. The third-order valence-electron chi connectivity index (χ3n) is 4.06. The van der Waals surface area contributed by atoms with E-state index in [1.54, 1.807) is 0 Å². The van der Waals surface area contributed by atoms with Crippen molar-refractivity contribution in [3.8, 4) is 0 Å². The highest BCUT2D eigenvalue weighted by Crippen LogP contribution is 2.41. The maximum atomic E-state index is 11.9. The SMILES string of the molecule is O=S1(=O)C[C@H]2SC(=S)N(c3ccc4ccccc4c3)[C@H]2C1. The number of hydrogen-bond donors (Lipinski definition) is 0. The summed E-state index contributed by atoms with van der Waals surface area (Å²) in [5.74, 6) is 0.449. The maximum absolute atomic E-state index is 11.9. The molecule has 2 aliphatic heterocycles. The van der Waals surface area contributed by atoms with Crippen LogP contribution in [0.1, 0.15) is 0 Å². The van der Waals surface area contributed by atoms with Gasteiger partial charge in [-0.25, -0.2) is 8.42 Å². The highest BCUT2D eigenvalue weighted by atomic mass is 32.2. The van der Waals surface area contributed by atoms with Gasteiger partial charge in [0, 0.05) is 10.9 Å². The lowest BCUT2D eigenvalue weighted by molar-refractivity contribution is 0.601. The van der Waals surface area contributed by atoms with Gasteiger partial charge in [0.05, 0.1) is 17.5 Å². The predicted octanol–water partition coefficient (Wildman–Crippen LogP) is 2.84. The van der Waals surface area contributed by atoms with E-state index in [0.717, 1.165) is 15.4 Å². The Hall–Kier alpha value is -1.11. The molecule has 21 heavy (non-hydrogen) atoms. The fourth-order valence-corrected chi connectivity index (χ4v) is 7.47. The molecule has 0 spiro atoms. The highest BCUT2D eigenvalue weighted by molar-refractivity contribution is 8.24. The number of fused-ring (bicyclic) bond motifs is 2. The smallest absolute Gasteiger partial charge is 0.153 e. The van der Waals surface area contributed by atoms with Crippen LogP contribution < -0.4 is 4.90 Å². The van der Waals surface area contributed by atoms with Gasteiger partial charge in [-0.3, -0.25) is 0 Å². The first kappa shape index (κ1) is 13.5. The second kappa shape index (κ2) is 4.69. The quantitative estimate of drug-likeness (QED) is 0.749. The number of thiocarbonyl (C=S) groups is 1. The highest BCUT2D eigenvalue weighted by Gasteiger charge is 2.48. The summed E-state index contributed by atoms with van der Waals surface area (Å²) in [5.41, 5.74) is 0.996. The second-order valence-corrected chi connectivity index (χ2v) is 9.49. The Bertz CT molecular complexity index is 847. The molecule has 6 heteroatoms. The predicted molar refractivity (Wildman–Crippen MR) is 92.8 cm³/mol. The van der Waals surface area contributed by atoms with Crippen molar-refractivity contribution in [3.05, 3.63) is 42.5 Å². The number of benzene rings is 2. The summed E-state index contributed by atoms with van der Waals surface area (Å²) in [5, 5.41) is 2.40. The van der Waals surface area contributed by atoms with E-state index in [0.29, 0.717) is 0 Å². The van der Waals surface area contributed by atoms with Gasteiger partial charge in [-0.15, -0.1) is 0 Å². The fraction of sp³-hybridized carbons (Fsp3) is 0.267. The van der Waals surface area contributed by atoms with Crippen LogP contribution >= 0.6 is 24.0 Å². The van der Waals surface area contributed by atoms with Gasteiger partial charge < -0.3 is 4.90 Å². The largest absolute Gasteiger partial charge is 0.322 e. The van der Waals surface area contributed by atoms with Crippen LogP contribution in [0.5, 0.6) is 0 Å². The van der Waals surface area contributed by atoms with Crippen LogP contribution in [0.25, 0.3) is 10.8 Å². The Morgan fingerprint density at radius 2 is 1.86 bits per heavy atom. The lowest BCUT2D eigenvalue weighted by Crippen LogP contribution is -2.36. The number of rotatable bonds is 1. The van der Waals surface area contributed by atoms with E-state index in [-0.39, 0.29) is 22.8 Å². The zero-order valence-electron chi connectivity index (χ0n) is 11.1. The molecule has 2 saturated heterocycles. The van der Waals surface area contributed by atoms with Gasteiger partial charge in [0.25, 0.3) is 0 Å². The summed E-state index contributed by atoms with van der Waals surface area (Å²) in [6.07, 6.45) is 0. The van der Waals surface area contributed by atoms with Crippen LogP contribution in [0.3, 0.4) is 0 Å². The molecule has 0 aliphatic carbocycles. The van der Waals surface area contributed by atoms with Gasteiger partial charge in [0.15, 0.2) is 9.84 Å². The van der Waals surface area contributed by atoms with E-state index >= 15 is 0 Å². The normalized spacial score (nSPS) is 27.2. The molecule has 2 aromatic carbocycles. The summed E-state index contributed by atoms with van der Waals surface area (Å²) in [6.45, 7) is 0. The van der Waals surface area contributed by atoms with Crippen molar-refractivity contribution in [1.82, 2.24) is 0 Å². The van der Waals surface area contributed by atoms with E-state index < -0.39 is 9.84 Å². The zero-order chi connectivity index (χ0) is 14.6. The van der Waals surface area contributed by atoms with Gasteiger partial charge in [-0.05, 0) is 22.9 Å². The molecule has 2 aromatic rings. The van der Waals surface area contributed by atoms with Crippen molar-refractivity contribution >= 4 is 54.6 Å². The minimum Gasteiger partial charge on any atom is -0.322 e. The molecule has 0 unspecified atom stereocenters. The Morgan fingerprint density at radius 1 is 1.10 bits per heavy atom. The van der Waals surface area contributed by atoms with Crippen molar-refractivity contribution in [2.75, 3.05) is 16.4 Å². The van der Waals surface area contributed by atoms with Crippen molar-refractivity contribution in [2.24, 2.45) is 0 Å². The molecule has 2 aliphatic rings. The second-order valence-electron chi connectivity index (χ2n) is 5.47. The van der Waals surface area contributed by atoms with Gasteiger partial charge >= 0.3 is 0 Å². The molecule has 108 valence electrons. The summed E-state index contributed by atoms with van der Waals surface area (Å²) >= 11 is 6.99. The van der Waals surface area contributed by atoms with E-state index in [2.05, 4.69) is 24.3 Å². The number of hydrogen-bond acceptors (Lipinski definition) is 4. The Morgan fingerprint density at radius 3 is 2.67 bits per heavy atom. The summed E-state index contributed by atoms with van der Waals surface area (Å²) in [4.78, 5) is 2.03. The van der Waals surface area contributed by atoms with Crippen LogP contribution in [0, 0.1) is 0 Å². The van der Waals surface area contributed by atoms with E-state index in [1.165, 1.54) is 17.1 Å². The minimum absolute atomic E-state index is 0.0198. The molecule has 0 N–H and O–H groups in total. The maximum Gasteiger partial charge on any atom is 0.153 e. The lowest BCUT2D eigenvalue weighted by atomic mass is 10.1. The standard InChI is InChI=1S/C15H13NO2S3/c17-21(18)8-13-14(9-21)20-15(19)16(13)12-6-5-10-3-1-2-4-11(10)7-12/h1-7,13-14H,8-9H2/t13-,14+/m0/s1. The number of anilines is 1. The van der Waals surface area contributed by atoms with E-state index in [1.807, 2.05) is 23.1 Å². The molecule has 0 amide bonds. The monoisotopic (exact) mass is 335 g/mol. The van der Waals surface area contributed by atoms with Gasteiger partial charge in [0.2, 0.25) is 0 Å². The van der Waals surface area contributed by atoms with Gasteiger partial charge in [-0.1, -0.05) is 54.3 Å². The minimum atomic E-state index is -2.93. The number of nitrogens with zero attached hydrogens (tertiary/aromatic N) is 1. The van der Waals surface area contributed by atoms with E-state index in [9.17, 15) is 8.42 Å². The van der Waals surface area contributed by atoms with Gasteiger partial charge in [-0.2, -0.15) is 0 Å². The Kier molecular flexibility index (Phi) is 3.03. The average molecular weight is 335 g/mol. The molecule has 0 radical (unpaired) electrons. The van der Waals surface area contributed by atoms with Crippen LogP contribution in [0.2, 0.25) is 0 Å². The number of sulfone groups is 1. The topological polar surface area (TPSA) is 37.4 Å². The lowest BCUT2D eigenvalue weighted by Gasteiger charge is -2.24. The molecular formula is C15H13NO2S3. The number of thioether (sulfide) groups is 1. The average Bonchev–Trinajstić information content (AvgIpc) is 2.88. The molecule has 0 bridgehead atoms. The van der Waals surface area contributed by atoms with Crippen molar-refractivity contribution in [2.45, 2.75) is 11.3 Å². The molecule has 2 fully saturated rings. The molecule has 0 aromatic heterocycles. The summed E-state index contributed by atoms with van der Waals surface area (Å²) in [6, 6.07) is 14.3. The van der Waals surface area contributed by atoms with Crippen molar-refractivity contribution in [3.63, 3.8) is 0 Å². The molecule has 2 atom stereocenters. The Balaban J connectivity index is 1.78. The first-order valence-electron chi connectivity index (χ1n) is 6.73. The summed E-state index contributed by atoms with van der Waals surface area (Å²) in [7, 11) is -2.93. The first-order chi connectivity index (χ1) is 10.0. The first-order valence-corrected chi connectivity index (χ1v) is 9.83. The van der Waals surface area contributed by atoms with Gasteiger partial charge in [0.1, 0.15) is 4.32 Å². The van der Waals surface area contributed by atoms with Crippen LogP contribution in [-0.4, -0.2) is 35.5 Å². The third kappa shape index (κ3) is 2.25. The van der Waals surface area contributed by atoms with E-state index in [4.69, 9.17) is 12.2 Å². The molecule has 4 rings (SSSR count).